The Hall–Kier alpha value is -3.20. The van der Waals surface area contributed by atoms with Crippen LogP contribution >= 0.6 is 0 Å². The summed E-state index contributed by atoms with van der Waals surface area (Å²) in [6.45, 7) is 6.26. The van der Waals surface area contributed by atoms with E-state index in [2.05, 4.69) is 45.6 Å². The molecule has 1 aliphatic heterocycles. The van der Waals surface area contributed by atoms with E-state index in [0.29, 0.717) is 29.1 Å². The Bertz CT molecular complexity index is 1230. The predicted octanol–water partition coefficient (Wildman–Crippen LogP) is 2.92. The van der Waals surface area contributed by atoms with E-state index in [9.17, 15) is 4.39 Å². The SMILES string of the molecule is C[C@H]1CN(c2cnc3c(Nc4cc(F)c5nn(C)cc5c4)nn(C)c3c2)C[C@H](C)N1. The third-order valence-electron chi connectivity index (χ3n) is 5.54. The number of hydrogen-bond acceptors (Lipinski definition) is 6. The van der Waals surface area contributed by atoms with Crippen molar-refractivity contribution in [1.29, 1.82) is 0 Å². The van der Waals surface area contributed by atoms with Gasteiger partial charge >= 0.3 is 0 Å². The molecule has 0 saturated carbocycles. The Morgan fingerprint density at radius 1 is 1.07 bits per heavy atom. The standard InChI is InChI=1S/C21H25FN8/c1-12-9-30(10-13(2)24-12)16-7-18-20(23-8-16)21(27-29(18)4)25-15-5-14-11-28(3)26-19(14)17(22)6-15/h5-8,11-13,24H,9-10H2,1-4H3,(H,25,27)/t12-,13-/m0/s1. The van der Waals surface area contributed by atoms with Gasteiger partial charge in [0.15, 0.2) is 11.6 Å². The molecule has 9 heteroatoms. The van der Waals surface area contributed by atoms with Crippen molar-refractivity contribution in [1.82, 2.24) is 29.9 Å². The molecule has 2 N–H and O–H groups in total. The quantitative estimate of drug-likeness (QED) is 0.543. The Kier molecular flexibility index (Phi) is 4.35. The molecule has 5 rings (SSSR count). The van der Waals surface area contributed by atoms with E-state index in [4.69, 9.17) is 4.98 Å². The summed E-state index contributed by atoms with van der Waals surface area (Å²) in [4.78, 5) is 7.05. The molecule has 0 radical (unpaired) electrons. The summed E-state index contributed by atoms with van der Waals surface area (Å²) in [5, 5.41) is 16.3. The first-order valence-corrected chi connectivity index (χ1v) is 10.1. The van der Waals surface area contributed by atoms with Crippen molar-refractivity contribution < 1.29 is 4.39 Å². The van der Waals surface area contributed by atoms with Crippen molar-refractivity contribution in [2.24, 2.45) is 14.1 Å². The van der Waals surface area contributed by atoms with Crippen LogP contribution in [0, 0.1) is 5.82 Å². The zero-order chi connectivity index (χ0) is 21.0. The van der Waals surface area contributed by atoms with Gasteiger partial charge in [-0.1, -0.05) is 0 Å². The number of hydrogen-bond donors (Lipinski definition) is 2. The highest BCUT2D eigenvalue weighted by atomic mass is 19.1. The Morgan fingerprint density at radius 2 is 1.83 bits per heavy atom. The smallest absolute Gasteiger partial charge is 0.179 e. The molecule has 8 nitrogen and oxygen atoms in total. The second-order valence-electron chi connectivity index (χ2n) is 8.23. The van der Waals surface area contributed by atoms with Gasteiger partial charge in [0, 0.05) is 56.5 Å². The molecule has 3 aromatic heterocycles. The highest BCUT2D eigenvalue weighted by Gasteiger charge is 2.22. The van der Waals surface area contributed by atoms with Crippen LogP contribution in [0.5, 0.6) is 0 Å². The molecule has 4 aromatic rings. The first-order chi connectivity index (χ1) is 14.4. The number of piperazine rings is 1. The summed E-state index contributed by atoms with van der Waals surface area (Å²) in [7, 11) is 3.67. The van der Waals surface area contributed by atoms with E-state index in [-0.39, 0.29) is 5.82 Å². The van der Waals surface area contributed by atoms with Gasteiger partial charge in [-0.25, -0.2) is 9.37 Å². The number of benzene rings is 1. The fourth-order valence-corrected chi connectivity index (χ4v) is 4.34. The highest BCUT2D eigenvalue weighted by Crippen LogP contribution is 2.29. The van der Waals surface area contributed by atoms with Crippen molar-refractivity contribution in [3.63, 3.8) is 0 Å². The monoisotopic (exact) mass is 408 g/mol. The average Bonchev–Trinajstić information content (AvgIpc) is 3.21. The van der Waals surface area contributed by atoms with Gasteiger partial charge in [-0.15, -0.1) is 0 Å². The minimum atomic E-state index is -0.368. The Morgan fingerprint density at radius 3 is 2.60 bits per heavy atom. The van der Waals surface area contributed by atoms with Crippen molar-refractivity contribution >= 4 is 39.1 Å². The second kappa shape index (κ2) is 6.94. The van der Waals surface area contributed by atoms with Gasteiger partial charge in [0.05, 0.1) is 17.4 Å². The van der Waals surface area contributed by atoms with E-state index in [0.717, 1.165) is 35.2 Å². The van der Waals surface area contributed by atoms with Gasteiger partial charge in [-0.3, -0.25) is 9.36 Å². The molecule has 0 aliphatic carbocycles. The molecule has 2 atom stereocenters. The lowest BCUT2D eigenvalue weighted by atomic mass is 10.1. The summed E-state index contributed by atoms with van der Waals surface area (Å²) in [6.07, 6.45) is 3.69. The lowest BCUT2D eigenvalue weighted by Gasteiger charge is -2.37. The van der Waals surface area contributed by atoms with Crippen LogP contribution in [-0.2, 0) is 14.1 Å². The van der Waals surface area contributed by atoms with Gasteiger partial charge in [-0.05, 0) is 32.0 Å². The molecule has 4 heterocycles. The van der Waals surface area contributed by atoms with Crippen LogP contribution in [-0.4, -0.2) is 49.7 Å². The predicted molar refractivity (Wildman–Crippen MR) is 117 cm³/mol. The Labute approximate surface area is 173 Å². The van der Waals surface area contributed by atoms with Crippen LogP contribution in [0.15, 0.2) is 30.6 Å². The van der Waals surface area contributed by atoms with Crippen molar-refractivity contribution in [2.75, 3.05) is 23.3 Å². The number of halogens is 1. The van der Waals surface area contributed by atoms with E-state index in [1.807, 2.05) is 24.0 Å². The molecular weight excluding hydrogens is 383 g/mol. The average molecular weight is 408 g/mol. The number of anilines is 3. The lowest BCUT2D eigenvalue weighted by Crippen LogP contribution is -2.54. The second-order valence-corrected chi connectivity index (χ2v) is 8.23. The maximum Gasteiger partial charge on any atom is 0.179 e. The maximum absolute atomic E-state index is 14.4. The lowest BCUT2D eigenvalue weighted by molar-refractivity contribution is 0.407. The summed E-state index contributed by atoms with van der Waals surface area (Å²) in [5.41, 5.74) is 3.74. The summed E-state index contributed by atoms with van der Waals surface area (Å²) >= 11 is 0. The van der Waals surface area contributed by atoms with Crippen LogP contribution in [0.1, 0.15) is 13.8 Å². The molecule has 1 aliphatic rings. The Balaban J connectivity index is 1.49. The van der Waals surface area contributed by atoms with Crippen LogP contribution in [0.4, 0.5) is 21.6 Å². The number of pyridine rings is 1. The van der Waals surface area contributed by atoms with Crippen molar-refractivity contribution in [3.8, 4) is 0 Å². The summed E-state index contributed by atoms with van der Waals surface area (Å²) in [5.74, 6) is 0.233. The molecule has 156 valence electrons. The normalized spacial score (nSPS) is 19.7. The third-order valence-corrected chi connectivity index (χ3v) is 5.54. The molecule has 1 fully saturated rings. The fraction of sp³-hybridized carbons (Fsp3) is 0.381. The fourth-order valence-electron chi connectivity index (χ4n) is 4.34. The van der Waals surface area contributed by atoms with Gasteiger partial charge in [0.1, 0.15) is 11.0 Å². The number of nitrogens with one attached hydrogen (secondary N) is 2. The van der Waals surface area contributed by atoms with Crippen LogP contribution in [0.2, 0.25) is 0 Å². The molecule has 0 spiro atoms. The van der Waals surface area contributed by atoms with E-state index < -0.39 is 0 Å². The molecule has 30 heavy (non-hydrogen) atoms. The zero-order valence-corrected chi connectivity index (χ0v) is 17.5. The van der Waals surface area contributed by atoms with Crippen LogP contribution in [0.3, 0.4) is 0 Å². The number of aryl methyl sites for hydroxylation is 2. The zero-order valence-electron chi connectivity index (χ0n) is 17.5. The minimum absolute atomic E-state index is 0.358. The highest BCUT2D eigenvalue weighted by molar-refractivity contribution is 5.91. The first kappa shape index (κ1) is 18.8. The minimum Gasteiger partial charge on any atom is -0.367 e. The molecule has 0 amide bonds. The maximum atomic E-state index is 14.4. The molecule has 0 unspecified atom stereocenters. The van der Waals surface area contributed by atoms with E-state index in [1.165, 1.54) is 6.07 Å². The molecule has 1 saturated heterocycles. The largest absolute Gasteiger partial charge is 0.367 e. The topological polar surface area (TPSA) is 75.8 Å². The molecule has 1 aromatic carbocycles. The number of fused-ring (bicyclic) bond motifs is 2. The summed E-state index contributed by atoms with van der Waals surface area (Å²) in [6, 6.07) is 6.27. The number of rotatable bonds is 3. The number of aromatic nitrogens is 5. The summed E-state index contributed by atoms with van der Waals surface area (Å²) < 4.78 is 17.8. The van der Waals surface area contributed by atoms with Gasteiger partial charge in [0.2, 0.25) is 0 Å². The van der Waals surface area contributed by atoms with Gasteiger partial charge in [0.25, 0.3) is 0 Å². The van der Waals surface area contributed by atoms with Gasteiger partial charge in [-0.2, -0.15) is 10.2 Å². The van der Waals surface area contributed by atoms with Crippen LogP contribution in [0.25, 0.3) is 21.9 Å². The van der Waals surface area contributed by atoms with Crippen molar-refractivity contribution in [2.45, 2.75) is 25.9 Å². The molecular formula is C21H25FN8. The van der Waals surface area contributed by atoms with E-state index in [1.54, 1.807) is 17.9 Å². The van der Waals surface area contributed by atoms with Gasteiger partial charge < -0.3 is 15.5 Å². The molecule has 0 bridgehead atoms. The first-order valence-electron chi connectivity index (χ1n) is 10.1. The number of nitrogens with zero attached hydrogens (tertiary/aromatic N) is 6. The third kappa shape index (κ3) is 3.24. The van der Waals surface area contributed by atoms with E-state index >= 15 is 0 Å². The van der Waals surface area contributed by atoms with Crippen molar-refractivity contribution in [3.05, 3.63) is 36.4 Å². The van der Waals surface area contributed by atoms with Crippen LogP contribution < -0.4 is 15.5 Å².